The third-order valence-electron chi connectivity index (χ3n) is 4.05. The molecule has 6 nitrogen and oxygen atoms in total. The van der Waals surface area contributed by atoms with Crippen molar-refractivity contribution in [3.05, 3.63) is 46.9 Å². The van der Waals surface area contributed by atoms with Crippen LogP contribution in [-0.4, -0.2) is 55.0 Å². The van der Waals surface area contributed by atoms with Crippen molar-refractivity contribution in [3.8, 4) is 11.3 Å². The van der Waals surface area contributed by atoms with Gasteiger partial charge in [0.15, 0.2) is 5.76 Å². The standard InChI is InChI=1S/C18H14ClF5N2O4/c1-8(15(27)17(21,22)18(23,24)26(2)3)14-12(16(28)29-4)13(25-30-14)11-9(19)6-5-7-10(11)20/h5-7H,1H2,2-4H3. The number of allylic oxidation sites excluding steroid dienone is 1. The molecule has 30 heavy (non-hydrogen) atoms. The van der Waals surface area contributed by atoms with Crippen LogP contribution in [0.1, 0.15) is 16.1 Å². The van der Waals surface area contributed by atoms with E-state index in [1.54, 1.807) is 0 Å². The molecule has 0 radical (unpaired) electrons. The number of aromatic nitrogens is 1. The fourth-order valence-electron chi connectivity index (χ4n) is 2.39. The number of hydrogen-bond acceptors (Lipinski definition) is 6. The fraction of sp³-hybridized carbons (Fsp3) is 0.278. The van der Waals surface area contributed by atoms with Crippen molar-refractivity contribution in [2.45, 2.75) is 12.0 Å². The van der Waals surface area contributed by atoms with Crippen LogP contribution >= 0.6 is 11.6 Å². The summed E-state index contributed by atoms with van der Waals surface area (Å²) in [6, 6.07) is -1.45. The average molecular weight is 453 g/mol. The molecule has 0 N–H and O–H groups in total. The molecule has 0 amide bonds. The zero-order valence-corrected chi connectivity index (χ0v) is 16.5. The number of carbonyl (C=O) groups excluding carboxylic acids is 2. The molecule has 2 aromatic rings. The van der Waals surface area contributed by atoms with Crippen molar-refractivity contribution in [2.24, 2.45) is 0 Å². The Hall–Kier alpha value is -2.79. The predicted octanol–water partition coefficient (Wildman–Crippen LogP) is 4.29. The fourth-order valence-corrected chi connectivity index (χ4v) is 2.64. The highest BCUT2D eigenvalue weighted by molar-refractivity contribution is 6.33. The minimum absolute atomic E-state index is 0.162. The molecule has 0 fully saturated rings. The van der Waals surface area contributed by atoms with Gasteiger partial charge in [-0.15, -0.1) is 0 Å². The quantitative estimate of drug-likeness (QED) is 0.270. The number of Topliss-reactive ketones (excluding diaryl/α,β-unsaturated/α-hetero) is 1. The maximum absolute atomic E-state index is 14.3. The zero-order chi connectivity index (χ0) is 23.0. The molecule has 2 rings (SSSR count). The monoisotopic (exact) mass is 452 g/mol. The minimum Gasteiger partial charge on any atom is -0.465 e. The lowest BCUT2D eigenvalue weighted by Gasteiger charge is -2.30. The third kappa shape index (κ3) is 3.70. The number of nitrogens with zero attached hydrogens (tertiary/aromatic N) is 2. The van der Waals surface area contributed by atoms with E-state index >= 15 is 0 Å². The Bertz CT molecular complexity index is 1000. The molecule has 162 valence electrons. The van der Waals surface area contributed by atoms with Crippen LogP contribution in [0.2, 0.25) is 5.02 Å². The van der Waals surface area contributed by atoms with E-state index in [0.717, 1.165) is 13.2 Å². The molecule has 0 atom stereocenters. The van der Waals surface area contributed by atoms with E-state index in [0.29, 0.717) is 14.1 Å². The van der Waals surface area contributed by atoms with Gasteiger partial charge < -0.3 is 9.26 Å². The van der Waals surface area contributed by atoms with Gasteiger partial charge in [-0.1, -0.05) is 29.4 Å². The Labute approximate surface area is 171 Å². The maximum atomic E-state index is 14.3. The lowest BCUT2D eigenvalue weighted by atomic mass is 9.97. The Morgan fingerprint density at radius 1 is 1.23 bits per heavy atom. The van der Waals surface area contributed by atoms with Crippen molar-refractivity contribution < 1.29 is 40.8 Å². The highest BCUT2D eigenvalue weighted by Gasteiger charge is 2.64. The number of alkyl halides is 4. The van der Waals surface area contributed by atoms with Gasteiger partial charge in [0.25, 0.3) is 0 Å². The zero-order valence-electron chi connectivity index (χ0n) is 15.7. The van der Waals surface area contributed by atoms with Crippen LogP contribution in [0.25, 0.3) is 16.8 Å². The van der Waals surface area contributed by atoms with E-state index in [1.807, 2.05) is 0 Å². The van der Waals surface area contributed by atoms with Gasteiger partial charge in [-0.3, -0.25) is 4.79 Å². The lowest BCUT2D eigenvalue weighted by molar-refractivity contribution is -0.258. The molecule has 0 unspecified atom stereocenters. The second-order valence-electron chi connectivity index (χ2n) is 6.14. The van der Waals surface area contributed by atoms with Gasteiger partial charge in [-0.05, 0) is 26.2 Å². The molecule has 0 aliphatic carbocycles. The Balaban J connectivity index is 2.66. The first-order chi connectivity index (χ1) is 13.8. The number of hydrogen-bond donors (Lipinski definition) is 0. The SMILES string of the molecule is C=C(C(=O)C(F)(F)C(F)(F)N(C)C)c1onc(-c2c(F)cccc2Cl)c1C(=O)OC. The van der Waals surface area contributed by atoms with Gasteiger partial charge in [0.2, 0.25) is 5.78 Å². The van der Waals surface area contributed by atoms with Crippen molar-refractivity contribution in [1.82, 2.24) is 10.1 Å². The van der Waals surface area contributed by atoms with Crippen molar-refractivity contribution in [2.75, 3.05) is 21.2 Å². The molecule has 1 aromatic carbocycles. The Morgan fingerprint density at radius 2 is 1.83 bits per heavy atom. The topological polar surface area (TPSA) is 72.6 Å². The summed E-state index contributed by atoms with van der Waals surface area (Å²) in [5.41, 5.74) is -3.13. The van der Waals surface area contributed by atoms with E-state index in [1.165, 1.54) is 12.1 Å². The van der Waals surface area contributed by atoms with Gasteiger partial charge in [0.1, 0.15) is 17.1 Å². The van der Waals surface area contributed by atoms with Crippen LogP contribution < -0.4 is 0 Å². The normalized spacial score (nSPS) is 12.2. The van der Waals surface area contributed by atoms with E-state index in [4.69, 9.17) is 16.1 Å². The number of benzene rings is 1. The third-order valence-corrected chi connectivity index (χ3v) is 4.37. The van der Waals surface area contributed by atoms with Crippen LogP contribution in [0.4, 0.5) is 22.0 Å². The number of ether oxygens (including phenoxy) is 1. The lowest BCUT2D eigenvalue weighted by Crippen LogP contribution is -2.55. The maximum Gasteiger partial charge on any atom is 0.386 e. The van der Waals surface area contributed by atoms with E-state index in [-0.39, 0.29) is 9.92 Å². The van der Waals surface area contributed by atoms with Crippen molar-refractivity contribution in [1.29, 1.82) is 0 Å². The molecule has 0 spiro atoms. The number of halogens is 6. The van der Waals surface area contributed by atoms with Gasteiger partial charge in [-0.2, -0.15) is 17.6 Å². The highest BCUT2D eigenvalue weighted by atomic mass is 35.5. The summed E-state index contributed by atoms with van der Waals surface area (Å²) in [4.78, 5) is 24.2. The van der Waals surface area contributed by atoms with Crippen LogP contribution in [0, 0.1) is 5.82 Å². The Kier molecular flexibility index (Phi) is 6.38. The summed E-state index contributed by atoms with van der Waals surface area (Å²) in [5.74, 6) is -10.9. The second kappa shape index (κ2) is 8.15. The molecule has 0 saturated carbocycles. The summed E-state index contributed by atoms with van der Waals surface area (Å²) in [6.45, 7) is 3.04. The largest absolute Gasteiger partial charge is 0.465 e. The first-order valence-corrected chi connectivity index (χ1v) is 8.36. The van der Waals surface area contributed by atoms with E-state index in [2.05, 4.69) is 16.5 Å². The molecule has 0 aliphatic rings. The molecule has 1 aromatic heterocycles. The van der Waals surface area contributed by atoms with Gasteiger partial charge >= 0.3 is 17.9 Å². The Morgan fingerprint density at radius 3 is 2.33 bits per heavy atom. The summed E-state index contributed by atoms with van der Waals surface area (Å²) < 4.78 is 79.6. The molecular formula is C18H14ClF5N2O4. The van der Waals surface area contributed by atoms with Gasteiger partial charge in [0.05, 0.1) is 23.3 Å². The van der Waals surface area contributed by atoms with E-state index < -0.39 is 57.7 Å². The summed E-state index contributed by atoms with van der Waals surface area (Å²) in [5, 5.41) is 3.17. The molecular weight excluding hydrogens is 439 g/mol. The van der Waals surface area contributed by atoms with Crippen molar-refractivity contribution >= 4 is 28.9 Å². The van der Waals surface area contributed by atoms with Crippen LogP contribution in [-0.2, 0) is 9.53 Å². The second-order valence-corrected chi connectivity index (χ2v) is 6.55. The molecule has 0 bridgehead atoms. The van der Waals surface area contributed by atoms with Crippen LogP contribution in [0.5, 0.6) is 0 Å². The van der Waals surface area contributed by atoms with E-state index in [9.17, 15) is 31.5 Å². The van der Waals surface area contributed by atoms with Gasteiger partial charge in [0, 0.05) is 0 Å². The number of rotatable bonds is 7. The number of carbonyl (C=O) groups is 2. The molecule has 12 heteroatoms. The first kappa shape index (κ1) is 23.5. The molecule has 0 aliphatic heterocycles. The van der Waals surface area contributed by atoms with Gasteiger partial charge in [-0.25, -0.2) is 14.1 Å². The first-order valence-electron chi connectivity index (χ1n) is 7.98. The molecule has 1 heterocycles. The number of ketones is 1. The van der Waals surface area contributed by atoms with Crippen LogP contribution in [0.3, 0.4) is 0 Å². The number of esters is 1. The average Bonchev–Trinajstić information content (AvgIpc) is 3.10. The highest BCUT2D eigenvalue weighted by Crippen LogP contribution is 2.41. The summed E-state index contributed by atoms with van der Waals surface area (Å²) in [6.07, 6.45) is 0. The molecule has 0 saturated heterocycles. The van der Waals surface area contributed by atoms with Crippen molar-refractivity contribution in [3.63, 3.8) is 0 Å². The summed E-state index contributed by atoms with van der Waals surface area (Å²) in [7, 11) is 2.17. The predicted molar refractivity (Wildman–Crippen MR) is 95.9 cm³/mol. The summed E-state index contributed by atoms with van der Waals surface area (Å²) >= 11 is 5.91. The number of methoxy groups -OCH3 is 1. The minimum atomic E-state index is -5.25. The van der Waals surface area contributed by atoms with Crippen LogP contribution in [0.15, 0.2) is 29.3 Å². The smallest absolute Gasteiger partial charge is 0.386 e.